The maximum atomic E-state index is 13.2. The van der Waals surface area contributed by atoms with Crippen molar-refractivity contribution in [1.29, 1.82) is 0 Å². The molecule has 0 heterocycles. The number of carbonyl (C=O) groups is 2. The highest BCUT2D eigenvalue weighted by Gasteiger charge is 2.37. The minimum absolute atomic E-state index is 0.257. The Morgan fingerprint density at radius 1 is 1.12 bits per heavy atom. The van der Waals surface area contributed by atoms with Crippen LogP contribution in [0.25, 0.3) is 0 Å². The third kappa shape index (κ3) is 4.41. The molecule has 0 bridgehead atoms. The van der Waals surface area contributed by atoms with Crippen LogP contribution in [-0.4, -0.2) is 17.0 Å². The molecule has 2 rings (SSSR count). The first-order valence-electron chi connectivity index (χ1n) is 7.78. The zero-order chi connectivity index (χ0) is 18.6. The standard InChI is InChI=1S/C19H19F2NO3/c1-12(10-13-4-3-5-16(21)11-13)17(23)22-19(2,18(24)25)14-6-8-15(20)9-7-14/h3-9,11-12H,10H2,1-2H3,(H,22,23)(H,24,25). The summed E-state index contributed by atoms with van der Waals surface area (Å²) in [4.78, 5) is 24.2. The van der Waals surface area contributed by atoms with Crippen molar-refractivity contribution in [2.75, 3.05) is 0 Å². The summed E-state index contributed by atoms with van der Waals surface area (Å²) in [5, 5.41) is 12.1. The molecule has 2 N–H and O–H groups in total. The van der Waals surface area contributed by atoms with Gasteiger partial charge in [-0.25, -0.2) is 13.6 Å². The molecule has 0 aliphatic heterocycles. The Kier molecular flexibility index (Phi) is 5.51. The lowest BCUT2D eigenvalue weighted by Crippen LogP contribution is -2.51. The molecule has 2 aromatic rings. The molecule has 0 saturated heterocycles. The van der Waals surface area contributed by atoms with Crippen molar-refractivity contribution in [2.45, 2.75) is 25.8 Å². The van der Waals surface area contributed by atoms with E-state index in [0.717, 1.165) is 12.1 Å². The molecule has 6 heteroatoms. The molecular formula is C19H19F2NO3. The number of nitrogens with one attached hydrogen (secondary N) is 1. The van der Waals surface area contributed by atoms with Crippen LogP contribution in [0.1, 0.15) is 25.0 Å². The maximum Gasteiger partial charge on any atom is 0.333 e. The predicted octanol–water partition coefficient (Wildman–Crippen LogP) is 3.26. The second-order valence-corrected chi connectivity index (χ2v) is 6.16. The lowest BCUT2D eigenvalue weighted by atomic mass is 9.90. The fraction of sp³-hybridized carbons (Fsp3) is 0.263. The van der Waals surface area contributed by atoms with Crippen LogP contribution in [0, 0.1) is 17.6 Å². The molecule has 0 spiro atoms. The average Bonchev–Trinajstić information content (AvgIpc) is 2.55. The minimum atomic E-state index is -1.69. The van der Waals surface area contributed by atoms with Gasteiger partial charge in [-0.1, -0.05) is 31.2 Å². The van der Waals surface area contributed by atoms with Gasteiger partial charge in [0.05, 0.1) is 0 Å². The van der Waals surface area contributed by atoms with E-state index in [1.54, 1.807) is 19.1 Å². The normalized spacial score (nSPS) is 14.4. The number of halogens is 2. The van der Waals surface area contributed by atoms with Crippen LogP contribution in [0.3, 0.4) is 0 Å². The average molecular weight is 347 g/mol. The highest BCUT2D eigenvalue weighted by atomic mass is 19.1. The van der Waals surface area contributed by atoms with E-state index >= 15 is 0 Å². The SMILES string of the molecule is CC(Cc1cccc(F)c1)C(=O)NC(C)(C(=O)O)c1ccc(F)cc1. The first-order chi connectivity index (χ1) is 11.7. The summed E-state index contributed by atoms with van der Waals surface area (Å²) < 4.78 is 26.3. The number of hydrogen-bond acceptors (Lipinski definition) is 2. The molecule has 2 atom stereocenters. The quantitative estimate of drug-likeness (QED) is 0.843. The molecule has 2 aromatic carbocycles. The first kappa shape index (κ1) is 18.6. The Morgan fingerprint density at radius 2 is 1.76 bits per heavy atom. The number of aliphatic carboxylic acids is 1. The third-order valence-electron chi connectivity index (χ3n) is 4.10. The summed E-state index contributed by atoms with van der Waals surface area (Å²) in [6, 6.07) is 10.8. The fourth-order valence-corrected chi connectivity index (χ4v) is 2.51. The van der Waals surface area contributed by atoms with E-state index in [2.05, 4.69) is 5.32 Å². The van der Waals surface area contributed by atoms with Gasteiger partial charge in [-0.15, -0.1) is 0 Å². The van der Waals surface area contributed by atoms with E-state index in [1.807, 2.05) is 0 Å². The summed E-state index contributed by atoms with van der Waals surface area (Å²) in [5.41, 5.74) is -0.796. The van der Waals surface area contributed by atoms with Crippen LogP contribution in [0.5, 0.6) is 0 Å². The van der Waals surface area contributed by atoms with Crippen LogP contribution in [0.2, 0.25) is 0 Å². The van der Waals surface area contributed by atoms with Crippen molar-refractivity contribution in [1.82, 2.24) is 5.32 Å². The number of hydrogen-bond donors (Lipinski definition) is 2. The largest absolute Gasteiger partial charge is 0.479 e. The highest BCUT2D eigenvalue weighted by Crippen LogP contribution is 2.23. The van der Waals surface area contributed by atoms with E-state index in [-0.39, 0.29) is 12.0 Å². The second-order valence-electron chi connectivity index (χ2n) is 6.16. The van der Waals surface area contributed by atoms with Crippen LogP contribution in [-0.2, 0) is 21.5 Å². The van der Waals surface area contributed by atoms with Gasteiger partial charge in [0.15, 0.2) is 5.54 Å². The number of carboxylic acid groups (broad SMARTS) is 1. The van der Waals surface area contributed by atoms with Crippen LogP contribution >= 0.6 is 0 Å². The van der Waals surface area contributed by atoms with Gasteiger partial charge in [0.1, 0.15) is 11.6 Å². The Hall–Kier alpha value is -2.76. The first-order valence-corrected chi connectivity index (χ1v) is 7.78. The molecule has 1 amide bonds. The lowest BCUT2D eigenvalue weighted by molar-refractivity contribution is -0.148. The summed E-state index contributed by atoms with van der Waals surface area (Å²) in [6.45, 7) is 2.97. The van der Waals surface area contributed by atoms with Gasteiger partial charge in [-0.3, -0.25) is 4.79 Å². The molecule has 0 fully saturated rings. The van der Waals surface area contributed by atoms with E-state index < -0.39 is 35.0 Å². The lowest BCUT2D eigenvalue weighted by Gasteiger charge is -2.28. The van der Waals surface area contributed by atoms with Crippen molar-refractivity contribution in [3.63, 3.8) is 0 Å². The van der Waals surface area contributed by atoms with Gasteiger partial charge in [-0.2, -0.15) is 0 Å². The Bertz CT molecular complexity index is 776. The van der Waals surface area contributed by atoms with Gasteiger partial charge in [0.25, 0.3) is 0 Å². The number of carbonyl (C=O) groups excluding carboxylic acids is 1. The fourth-order valence-electron chi connectivity index (χ4n) is 2.51. The molecule has 0 aromatic heterocycles. The van der Waals surface area contributed by atoms with Gasteiger partial charge >= 0.3 is 5.97 Å². The molecule has 2 unspecified atom stereocenters. The minimum Gasteiger partial charge on any atom is -0.479 e. The predicted molar refractivity (Wildman–Crippen MR) is 88.8 cm³/mol. The van der Waals surface area contributed by atoms with E-state index in [0.29, 0.717) is 5.56 Å². The molecule has 0 radical (unpaired) electrons. The summed E-state index contributed by atoms with van der Waals surface area (Å²) in [6.07, 6.45) is 0.267. The summed E-state index contributed by atoms with van der Waals surface area (Å²) in [7, 11) is 0. The van der Waals surface area contributed by atoms with Crippen LogP contribution in [0.4, 0.5) is 8.78 Å². The summed E-state index contributed by atoms with van der Waals surface area (Å²) >= 11 is 0. The van der Waals surface area contributed by atoms with Crippen molar-refractivity contribution in [3.05, 3.63) is 71.3 Å². The van der Waals surface area contributed by atoms with Crippen LogP contribution < -0.4 is 5.32 Å². The highest BCUT2D eigenvalue weighted by molar-refractivity contribution is 5.88. The second kappa shape index (κ2) is 7.42. The zero-order valence-electron chi connectivity index (χ0n) is 13.9. The smallest absolute Gasteiger partial charge is 0.333 e. The Balaban J connectivity index is 2.17. The third-order valence-corrected chi connectivity index (χ3v) is 4.10. The molecular weight excluding hydrogens is 328 g/mol. The van der Waals surface area contributed by atoms with Crippen molar-refractivity contribution < 1.29 is 23.5 Å². The molecule has 0 saturated carbocycles. The zero-order valence-corrected chi connectivity index (χ0v) is 13.9. The monoisotopic (exact) mass is 347 g/mol. The van der Waals surface area contributed by atoms with Crippen molar-refractivity contribution in [2.24, 2.45) is 5.92 Å². The van der Waals surface area contributed by atoms with Crippen molar-refractivity contribution >= 4 is 11.9 Å². The summed E-state index contributed by atoms with van der Waals surface area (Å²) in [5.74, 6) is -3.21. The van der Waals surface area contributed by atoms with Gasteiger partial charge in [0, 0.05) is 5.92 Å². The van der Waals surface area contributed by atoms with Gasteiger partial charge in [0.2, 0.25) is 5.91 Å². The Labute approximate surface area is 144 Å². The Morgan fingerprint density at radius 3 is 2.32 bits per heavy atom. The van der Waals surface area contributed by atoms with Gasteiger partial charge in [-0.05, 0) is 48.7 Å². The van der Waals surface area contributed by atoms with E-state index in [9.17, 15) is 23.5 Å². The van der Waals surface area contributed by atoms with Gasteiger partial charge < -0.3 is 10.4 Å². The number of carboxylic acids is 1. The van der Waals surface area contributed by atoms with Crippen LogP contribution in [0.15, 0.2) is 48.5 Å². The number of benzene rings is 2. The molecule has 4 nitrogen and oxygen atoms in total. The number of amides is 1. The molecule has 132 valence electrons. The van der Waals surface area contributed by atoms with Crippen molar-refractivity contribution in [3.8, 4) is 0 Å². The van der Waals surface area contributed by atoms with E-state index in [1.165, 1.54) is 31.2 Å². The molecule has 0 aliphatic carbocycles. The molecule has 25 heavy (non-hydrogen) atoms. The number of rotatable bonds is 6. The van der Waals surface area contributed by atoms with E-state index in [4.69, 9.17) is 0 Å². The maximum absolute atomic E-state index is 13.2. The topological polar surface area (TPSA) is 66.4 Å². The molecule has 0 aliphatic rings.